The molecule has 3 nitrogen and oxygen atoms in total. The number of piperazine rings is 1. The van der Waals surface area contributed by atoms with Crippen LogP contribution in [0, 0.1) is 0 Å². The summed E-state index contributed by atoms with van der Waals surface area (Å²) in [7, 11) is 2.24. The van der Waals surface area contributed by atoms with Crippen LogP contribution in [0.15, 0.2) is 0 Å². The Balaban J connectivity index is 2.11. The average molecular weight is 257 g/mol. The number of likely N-dealkylation sites (N-methyl/N-ethyl adjacent to an activating group) is 1. The van der Waals surface area contributed by atoms with Crippen LogP contribution >= 0.6 is 11.8 Å². The van der Waals surface area contributed by atoms with Gasteiger partial charge in [-0.25, -0.2) is 0 Å². The zero-order valence-electron chi connectivity index (χ0n) is 11.6. The predicted octanol–water partition coefficient (Wildman–Crippen LogP) is 1.23. The zero-order valence-corrected chi connectivity index (χ0v) is 12.5. The Morgan fingerprint density at radius 2 is 1.82 bits per heavy atom. The summed E-state index contributed by atoms with van der Waals surface area (Å²) in [5, 5.41) is 0.767. The van der Waals surface area contributed by atoms with Crippen molar-refractivity contribution in [2.75, 3.05) is 32.4 Å². The summed E-state index contributed by atoms with van der Waals surface area (Å²) in [4.78, 5) is 5.17. The Hall–Kier alpha value is 0.230. The highest BCUT2D eigenvalue weighted by atomic mass is 32.2. The van der Waals surface area contributed by atoms with Crippen molar-refractivity contribution < 1.29 is 0 Å². The number of rotatable bonds is 2. The van der Waals surface area contributed by atoms with Crippen LogP contribution in [0.5, 0.6) is 0 Å². The molecule has 0 amide bonds. The Morgan fingerprint density at radius 1 is 1.24 bits per heavy atom. The molecule has 2 aliphatic heterocycles. The predicted molar refractivity (Wildman–Crippen MR) is 76.6 cm³/mol. The van der Waals surface area contributed by atoms with Gasteiger partial charge in [-0.15, -0.1) is 0 Å². The first kappa shape index (κ1) is 13.7. The molecule has 0 spiro atoms. The van der Waals surface area contributed by atoms with E-state index in [9.17, 15) is 0 Å². The van der Waals surface area contributed by atoms with Gasteiger partial charge in [0.25, 0.3) is 0 Å². The van der Waals surface area contributed by atoms with Crippen molar-refractivity contribution >= 4 is 11.8 Å². The van der Waals surface area contributed by atoms with Crippen molar-refractivity contribution in [2.24, 2.45) is 5.73 Å². The van der Waals surface area contributed by atoms with E-state index in [4.69, 9.17) is 5.73 Å². The normalized spacial score (nSPS) is 45.4. The lowest BCUT2D eigenvalue weighted by Gasteiger charge is -2.50. The maximum absolute atomic E-state index is 6.12. The van der Waals surface area contributed by atoms with Crippen molar-refractivity contribution in [2.45, 2.75) is 50.1 Å². The third-order valence-electron chi connectivity index (χ3n) is 4.71. The molecule has 4 unspecified atom stereocenters. The molecule has 2 heterocycles. The standard InChI is InChI=1S/C13H27N3S/c1-10-6-16(7-11(2)15(10)4)13(8-14)5-12(3)17-9-13/h10-12H,5-9,14H2,1-4H3. The molecule has 2 aliphatic rings. The summed E-state index contributed by atoms with van der Waals surface area (Å²) in [5.41, 5.74) is 6.39. The van der Waals surface area contributed by atoms with E-state index >= 15 is 0 Å². The molecule has 0 aliphatic carbocycles. The summed E-state index contributed by atoms with van der Waals surface area (Å²) in [5.74, 6) is 1.22. The third-order valence-corrected chi connectivity index (χ3v) is 6.15. The van der Waals surface area contributed by atoms with E-state index < -0.39 is 0 Å². The first-order valence-electron chi connectivity index (χ1n) is 6.77. The van der Waals surface area contributed by atoms with Gasteiger partial charge in [-0.3, -0.25) is 9.80 Å². The molecule has 0 aromatic carbocycles. The molecule has 2 rings (SSSR count). The van der Waals surface area contributed by atoms with E-state index in [1.165, 1.54) is 25.3 Å². The highest BCUT2D eigenvalue weighted by molar-refractivity contribution is 8.00. The van der Waals surface area contributed by atoms with Gasteiger partial charge in [0.05, 0.1) is 0 Å². The van der Waals surface area contributed by atoms with Crippen LogP contribution < -0.4 is 5.73 Å². The average Bonchev–Trinajstić information content (AvgIpc) is 2.68. The van der Waals surface area contributed by atoms with Gasteiger partial charge in [-0.05, 0) is 27.3 Å². The summed E-state index contributed by atoms with van der Waals surface area (Å²) in [6.07, 6.45) is 1.26. The van der Waals surface area contributed by atoms with Gasteiger partial charge < -0.3 is 5.73 Å². The topological polar surface area (TPSA) is 32.5 Å². The van der Waals surface area contributed by atoms with Crippen molar-refractivity contribution in [3.63, 3.8) is 0 Å². The quantitative estimate of drug-likeness (QED) is 0.806. The molecular weight excluding hydrogens is 230 g/mol. The fourth-order valence-electron chi connectivity index (χ4n) is 3.23. The number of thioether (sulfide) groups is 1. The third kappa shape index (κ3) is 2.50. The molecule has 0 aromatic heterocycles. The molecule has 100 valence electrons. The van der Waals surface area contributed by atoms with E-state index in [2.05, 4.69) is 49.4 Å². The van der Waals surface area contributed by atoms with Crippen LogP contribution in [0.3, 0.4) is 0 Å². The highest BCUT2D eigenvalue weighted by Crippen LogP contribution is 2.39. The molecule has 2 saturated heterocycles. The first-order chi connectivity index (χ1) is 7.98. The Kier molecular flexibility index (Phi) is 4.08. The minimum atomic E-state index is 0.272. The maximum atomic E-state index is 6.12. The highest BCUT2D eigenvalue weighted by Gasteiger charge is 2.44. The lowest BCUT2D eigenvalue weighted by molar-refractivity contribution is -0.000652. The molecule has 4 heteroatoms. The van der Waals surface area contributed by atoms with Gasteiger partial charge in [0.1, 0.15) is 0 Å². The minimum absolute atomic E-state index is 0.272. The van der Waals surface area contributed by atoms with Gasteiger partial charge >= 0.3 is 0 Å². The monoisotopic (exact) mass is 257 g/mol. The van der Waals surface area contributed by atoms with Crippen molar-refractivity contribution in [1.29, 1.82) is 0 Å². The maximum Gasteiger partial charge on any atom is 0.0433 e. The Morgan fingerprint density at radius 3 is 2.24 bits per heavy atom. The smallest absolute Gasteiger partial charge is 0.0433 e. The van der Waals surface area contributed by atoms with Crippen molar-refractivity contribution in [3.05, 3.63) is 0 Å². The van der Waals surface area contributed by atoms with E-state index in [1.807, 2.05) is 0 Å². The van der Waals surface area contributed by atoms with Crippen LogP contribution in [-0.2, 0) is 0 Å². The molecule has 0 aromatic rings. The summed E-state index contributed by atoms with van der Waals surface area (Å²) >= 11 is 2.09. The van der Waals surface area contributed by atoms with Gasteiger partial charge in [-0.2, -0.15) is 11.8 Å². The molecule has 4 atom stereocenters. The van der Waals surface area contributed by atoms with E-state index in [-0.39, 0.29) is 5.54 Å². The van der Waals surface area contributed by atoms with E-state index in [0.717, 1.165) is 11.8 Å². The SMILES string of the molecule is CC1CC(CN)(N2CC(C)N(C)C(C)C2)CS1. The lowest BCUT2D eigenvalue weighted by Crippen LogP contribution is -2.64. The number of nitrogens with two attached hydrogens (primary N) is 1. The van der Waals surface area contributed by atoms with Gasteiger partial charge in [-0.1, -0.05) is 6.92 Å². The largest absolute Gasteiger partial charge is 0.329 e. The second-order valence-electron chi connectivity index (χ2n) is 6.02. The minimum Gasteiger partial charge on any atom is -0.329 e. The first-order valence-corrected chi connectivity index (χ1v) is 7.82. The molecule has 17 heavy (non-hydrogen) atoms. The fourth-order valence-corrected chi connectivity index (χ4v) is 4.67. The second-order valence-corrected chi connectivity index (χ2v) is 7.45. The molecule has 0 saturated carbocycles. The van der Waals surface area contributed by atoms with E-state index in [1.54, 1.807) is 0 Å². The number of hydrogen-bond donors (Lipinski definition) is 1. The molecule has 2 N–H and O–H groups in total. The van der Waals surface area contributed by atoms with Crippen LogP contribution in [-0.4, -0.2) is 65.1 Å². The fraction of sp³-hybridized carbons (Fsp3) is 1.00. The van der Waals surface area contributed by atoms with Crippen LogP contribution in [0.2, 0.25) is 0 Å². The molecular formula is C13H27N3S. The van der Waals surface area contributed by atoms with E-state index in [0.29, 0.717) is 12.1 Å². The molecule has 0 radical (unpaired) electrons. The van der Waals surface area contributed by atoms with Crippen LogP contribution in [0.1, 0.15) is 27.2 Å². The summed E-state index contributed by atoms with van der Waals surface area (Å²) in [6, 6.07) is 1.28. The zero-order chi connectivity index (χ0) is 12.6. The van der Waals surface area contributed by atoms with Crippen molar-refractivity contribution in [1.82, 2.24) is 9.80 Å². The summed E-state index contributed by atoms with van der Waals surface area (Å²) < 4.78 is 0. The molecule has 0 bridgehead atoms. The van der Waals surface area contributed by atoms with Crippen LogP contribution in [0.25, 0.3) is 0 Å². The molecule has 2 fully saturated rings. The number of hydrogen-bond acceptors (Lipinski definition) is 4. The number of nitrogens with zero attached hydrogens (tertiary/aromatic N) is 2. The van der Waals surface area contributed by atoms with Gasteiger partial charge in [0.15, 0.2) is 0 Å². The summed E-state index contributed by atoms with van der Waals surface area (Å²) in [6.45, 7) is 10.2. The van der Waals surface area contributed by atoms with Crippen LogP contribution in [0.4, 0.5) is 0 Å². The Bertz CT molecular complexity index is 261. The lowest BCUT2D eigenvalue weighted by atomic mass is 9.91. The Labute approximate surface area is 110 Å². The van der Waals surface area contributed by atoms with Crippen molar-refractivity contribution in [3.8, 4) is 0 Å². The van der Waals surface area contributed by atoms with Gasteiger partial charge in [0, 0.05) is 48.3 Å². The second kappa shape index (κ2) is 5.08. The van der Waals surface area contributed by atoms with Gasteiger partial charge in [0.2, 0.25) is 0 Å².